The number of benzene rings is 2. The number of hydrogen-bond acceptors (Lipinski definition) is 5. The summed E-state index contributed by atoms with van der Waals surface area (Å²) >= 11 is 6.57. The number of nitrogens with zero attached hydrogens (tertiary/aromatic N) is 1. The lowest BCUT2D eigenvalue weighted by Gasteiger charge is -2.15. The maximum atomic E-state index is 12.7. The van der Waals surface area contributed by atoms with E-state index in [2.05, 4.69) is 0 Å². The maximum absolute atomic E-state index is 12.7. The Hall–Kier alpha value is -2.31. The zero-order valence-corrected chi connectivity index (χ0v) is 13.9. The lowest BCUT2D eigenvalue weighted by atomic mass is 10.2. The summed E-state index contributed by atoms with van der Waals surface area (Å²) in [5.41, 5.74) is 1.42. The van der Waals surface area contributed by atoms with Crippen molar-refractivity contribution in [3.05, 3.63) is 59.0 Å². The fourth-order valence-electron chi connectivity index (χ4n) is 2.21. The first-order chi connectivity index (χ1) is 11.1. The van der Waals surface area contributed by atoms with Gasteiger partial charge in [-0.05, 0) is 35.9 Å². The molecule has 0 saturated carbocycles. The van der Waals surface area contributed by atoms with Gasteiger partial charge in [-0.2, -0.15) is 0 Å². The molecule has 23 heavy (non-hydrogen) atoms. The van der Waals surface area contributed by atoms with E-state index in [1.165, 1.54) is 16.7 Å². The van der Waals surface area contributed by atoms with E-state index >= 15 is 0 Å². The Kier molecular flexibility index (Phi) is 4.36. The molecule has 116 valence electrons. The Morgan fingerprint density at radius 1 is 1.22 bits per heavy atom. The van der Waals surface area contributed by atoms with Crippen molar-refractivity contribution in [1.82, 2.24) is 0 Å². The van der Waals surface area contributed by atoms with Crippen LogP contribution in [0.15, 0.2) is 53.4 Å². The molecule has 0 atom stereocenters. The summed E-state index contributed by atoms with van der Waals surface area (Å²) in [4.78, 5) is 14.7. The highest BCUT2D eigenvalue weighted by Crippen LogP contribution is 2.37. The molecule has 0 aliphatic carbocycles. The van der Waals surface area contributed by atoms with E-state index in [-0.39, 0.29) is 11.7 Å². The molecule has 0 spiro atoms. The quantitative estimate of drug-likeness (QED) is 0.678. The predicted octanol–water partition coefficient (Wildman–Crippen LogP) is 3.81. The molecule has 2 aromatic rings. The van der Waals surface area contributed by atoms with Crippen molar-refractivity contribution in [2.24, 2.45) is 0 Å². The molecule has 1 N–H and O–H groups in total. The molecule has 6 heteroatoms. The van der Waals surface area contributed by atoms with Crippen LogP contribution in [0.3, 0.4) is 0 Å². The number of carbonyl (C=O) groups is 1. The van der Waals surface area contributed by atoms with Gasteiger partial charge < -0.3 is 9.84 Å². The van der Waals surface area contributed by atoms with Crippen molar-refractivity contribution in [2.45, 2.75) is 0 Å². The topological polar surface area (TPSA) is 49.8 Å². The molecule has 1 heterocycles. The summed E-state index contributed by atoms with van der Waals surface area (Å²) in [6, 6.07) is 13.9. The third-order valence-electron chi connectivity index (χ3n) is 3.27. The first-order valence-corrected chi connectivity index (χ1v) is 8.02. The zero-order chi connectivity index (χ0) is 16.4. The highest BCUT2D eigenvalue weighted by molar-refractivity contribution is 8.27. The number of hydrogen-bond donors (Lipinski definition) is 1. The van der Waals surface area contributed by atoms with Crippen LogP contribution >= 0.6 is 24.0 Å². The minimum Gasteiger partial charge on any atom is -0.508 e. The summed E-state index contributed by atoms with van der Waals surface area (Å²) in [5.74, 6) is 0.632. The number of ether oxygens (including phenoxy) is 1. The summed E-state index contributed by atoms with van der Waals surface area (Å²) in [7, 11) is 1.57. The molecule has 1 aliphatic heterocycles. The molecule has 2 aromatic carbocycles. The Labute approximate surface area is 143 Å². The van der Waals surface area contributed by atoms with Crippen LogP contribution in [0.25, 0.3) is 6.08 Å². The van der Waals surface area contributed by atoms with Gasteiger partial charge in [0.15, 0.2) is 4.32 Å². The number of thioether (sulfide) groups is 1. The van der Waals surface area contributed by atoms with Gasteiger partial charge in [0.25, 0.3) is 5.91 Å². The molecule has 0 aromatic heterocycles. The van der Waals surface area contributed by atoms with E-state index in [0.29, 0.717) is 20.7 Å². The highest BCUT2D eigenvalue weighted by atomic mass is 32.2. The Balaban J connectivity index is 1.93. The van der Waals surface area contributed by atoms with Gasteiger partial charge in [-0.3, -0.25) is 9.69 Å². The molecular weight excluding hydrogens is 330 g/mol. The minimum atomic E-state index is -0.184. The number of methoxy groups -OCH3 is 1. The van der Waals surface area contributed by atoms with E-state index in [0.717, 1.165) is 5.56 Å². The first-order valence-electron chi connectivity index (χ1n) is 6.79. The number of rotatable bonds is 3. The van der Waals surface area contributed by atoms with Gasteiger partial charge in [-0.1, -0.05) is 42.2 Å². The molecular formula is C17H13NO3S2. The molecule has 4 nitrogen and oxygen atoms in total. The number of amides is 1. The molecule has 0 unspecified atom stereocenters. The second kappa shape index (κ2) is 6.44. The van der Waals surface area contributed by atoms with Gasteiger partial charge in [0.05, 0.1) is 17.7 Å². The van der Waals surface area contributed by atoms with Crippen LogP contribution in [0.1, 0.15) is 5.56 Å². The van der Waals surface area contributed by atoms with E-state index in [1.54, 1.807) is 37.5 Å². The van der Waals surface area contributed by atoms with Crippen LogP contribution < -0.4 is 9.64 Å². The number of aromatic hydroxyl groups is 1. The van der Waals surface area contributed by atoms with Gasteiger partial charge >= 0.3 is 0 Å². The van der Waals surface area contributed by atoms with Crippen LogP contribution in [0, 0.1) is 0 Å². The van der Waals surface area contributed by atoms with Crippen LogP contribution in [-0.2, 0) is 4.79 Å². The SMILES string of the molecule is COc1cccc(N2C(=O)C(=Cc3cccc(O)c3)SC2=S)c1. The van der Waals surface area contributed by atoms with Crippen molar-refractivity contribution in [3.8, 4) is 11.5 Å². The van der Waals surface area contributed by atoms with Gasteiger partial charge in [-0.25, -0.2) is 0 Å². The van der Waals surface area contributed by atoms with Crippen molar-refractivity contribution < 1.29 is 14.6 Å². The van der Waals surface area contributed by atoms with Crippen LogP contribution in [0.5, 0.6) is 11.5 Å². The Morgan fingerprint density at radius 3 is 2.74 bits per heavy atom. The number of phenolic OH excluding ortho intramolecular Hbond substituents is 1. The molecule has 0 bridgehead atoms. The number of phenols is 1. The van der Waals surface area contributed by atoms with Gasteiger partial charge in [-0.15, -0.1) is 0 Å². The molecule has 0 radical (unpaired) electrons. The molecule has 1 aliphatic rings. The summed E-state index contributed by atoms with van der Waals surface area (Å²) in [6.45, 7) is 0. The smallest absolute Gasteiger partial charge is 0.270 e. The fourth-order valence-corrected chi connectivity index (χ4v) is 3.50. The van der Waals surface area contributed by atoms with Crippen molar-refractivity contribution >= 4 is 46.0 Å². The normalized spacial score (nSPS) is 16.2. The summed E-state index contributed by atoms with van der Waals surface area (Å²) in [6.07, 6.45) is 1.72. The summed E-state index contributed by atoms with van der Waals surface area (Å²) in [5, 5.41) is 9.52. The number of carbonyl (C=O) groups excluding carboxylic acids is 1. The van der Waals surface area contributed by atoms with E-state index in [9.17, 15) is 9.90 Å². The average Bonchev–Trinajstić information content (AvgIpc) is 2.81. The van der Waals surface area contributed by atoms with Crippen molar-refractivity contribution in [3.63, 3.8) is 0 Å². The predicted molar refractivity (Wildman–Crippen MR) is 96.8 cm³/mol. The fraction of sp³-hybridized carbons (Fsp3) is 0.0588. The standard InChI is InChI=1S/C17H13NO3S2/c1-21-14-7-3-5-12(10-14)18-16(20)15(23-17(18)22)9-11-4-2-6-13(19)8-11/h2-10,19H,1H3. The first kappa shape index (κ1) is 15.6. The molecule has 3 rings (SSSR count). The van der Waals surface area contributed by atoms with Gasteiger partial charge in [0.1, 0.15) is 11.5 Å². The number of thiocarbonyl (C=S) groups is 1. The second-order valence-electron chi connectivity index (χ2n) is 4.81. The largest absolute Gasteiger partial charge is 0.508 e. The van der Waals surface area contributed by atoms with E-state index in [4.69, 9.17) is 17.0 Å². The maximum Gasteiger partial charge on any atom is 0.270 e. The third kappa shape index (κ3) is 3.23. The van der Waals surface area contributed by atoms with Crippen molar-refractivity contribution in [1.29, 1.82) is 0 Å². The zero-order valence-electron chi connectivity index (χ0n) is 12.2. The van der Waals surface area contributed by atoms with Gasteiger partial charge in [0.2, 0.25) is 0 Å². The second-order valence-corrected chi connectivity index (χ2v) is 6.49. The number of anilines is 1. The van der Waals surface area contributed by atoms with Crippen LogP contribution in [-0.4, -0.2) is 22.4 Å². The average molecular weight is 343 g/mol. The lowest BCUT2D eigenvalue weighted by Crippen LogP contribution is -2.27. The minimum absolute atomic E-state index is 0.155. The third-order valence-corrected chi connectivity index (χ3v) is 4.58. The van der Waals surface area contributed by atoms with Crippen molar-refractivity contribution in [2.75, 3.05) is 12.0 Å². The molecule has 1 fully saturated rings. The van der Waals surface area contributed by atoms with E-state index < -0.39 is 0 Å². The lowest BCUT2D eigenvalue weighted by molar-refractivity contribution is -0.113. The molecule has 1 saturated heterocycles. The Morgan fingerprint density at radius 2 is 2.00 bits per heavy atom. The Bertz CT molecular complexity index is 817. The highest BCUT2D eigenvalue weighted by Gasteiger charge is 2.33. The monoisotopic (exact) mass is 343 g/mol. The van der Waals surface area contributed by atoms with Crippen LogP contribution in [0.4, 0.5) is 5.69 Å². The van der Waals surface area contributed by atoms with E-state index in [1.807, 2.05) is 24.3 Å². The molecule has 1 amide bonds. The summed E-state index contributed by atoms with van der Waals surface area (Å²) < 4.78 is 5.66. The van der Waals surface area contributed by atoms with Gasteiger partial charge in [0, 0.05) is 6.07 Å². The van der Waals surface area contributed by atoms with Crippen LogP contribution in [0.2, 0.25) is 0 Å².